The maximum absolute atomic E-state index is 13.0. The Morgan fingerprint density at radius 1 is 0.853 bits per heavy atom. The van der Waals surface area contributed by atoms with Gasteiger partial charge in [-0.15, -0.1) is 0 Å². The van der Waals surface area contributed by atoms with E-state index in [1.165, 1.54) is 37.7 Å². The van der Waals surface area contributed by atoms with Gasteiger partial charge in [0, 0.05) is 17.1 Å². The van der Waals surface area contributed by atoms with Gasteiger partial charge in [-0.1, -0.05) is 67.8 Å². The lowest BCUT2D eigenvalue weighted by Gasteiger charge is -2.22. The van der Waals surface area contributed by atoms with Crippen molar-refractivity contribution >= 4 is 22.7 Å². The van der Waals surface area contributed by atoms with Crippen LogP contribution >= 0.6 is 0 Å². The Morgan fingerprint density at radius 3 is 2.38 bits per heavy atom. The SMILES string of the molecule is O=C(COC(=O)c1cc(-c2ccccn2)nc2ccccc12)c1ccc(C2CCCCC2)cc1. The molecule has 2 aromatic carbocycles. The number of nitrogens with zero attached hydrogens (tertiary/aromatic N) is 2. The number of pyridine rings is 2. The molecule has 0 spiro atoms. The average molecular weight is 451 g/mol. The molecule has 0 aliphatic heterocycles. The number of Topliss-reactive ketones (excluding diaryl/α,β-unsaturated/α-hetero) is 1. The second-order valence-corrected chi connectivity index (χ2v) is 8.74. The topological polar surface area (TPSA) is 69.2 Å². The van der Waals surface area contributed by atoms with Gasteiger partial charge >= 0.3 is 5.97 Å². The number of ketones is 1. The third-order valence-electron chi connectivity index (χ3n) is 6.51. The van der Waals surface area contributed by atoms with E-state index in [1.54, 1.807) is 12.3 Å². The highest BCUT2D eigenvalue weighted by molar-refractivity contribution is 6.06. The van der Waals surface area contributed by atoms with Gasteiger partial charge in [0.05, 0.1) is 22.5 Å². The summed E-state index contributed by atoms with van der Waals surface area (Å²) in [6.07, 6.45) is 7.97. The van der Waals surface area contributed by atoms with Crippen LogP contribution in [0.3, 0.4) is 0 Å². The molecule has 2 heterocycles. The van der Waals surface area contributed by atoms with Crippen molar-refractivity contribution in [1.82, 2.24) is 9.97 Å². The van der Waals surface area contributed by atoms with E-state index in [9.17, 15) is 9.59 Å². The van der Waals surface area contributed by atoms with E-state index < -0.39 is 5.97 Å². The molecule has 0 amide bonds. The highest BCUT2D eigenvalue weighted by Gasteiger charge is 2.19. The molecule has 0 bridgehead atoms. The molecule has 0 N–H and O–H groups in total. The fourth-order valence-corrected chi connectivity index (χ4v) is 4.66. The first-order valence-electron chi connectivity index (χ1n) is 11.8. The second kappa shape index (κ2) is 9.96. The molecule has 0 unspecified atom stereocenters. The lowest BCUT2D eigenvalue weighted by atomic mass is 9.84. The summed E-state index contributed by atoms with van der Waals surface area (Å²) in [6.45, 7) is -0.308. The summed E-state index contributed by atoms with van der Waals surface area (Å²) in [5.41, 5.74) is 4.13. The molecule has 170 valence electrons. The Morgan fingerprint density at radius 2 is 1.62 bits per heavy atom. The molecule has 1 aliphatic rings. The van der Waals surface area contributed by atoms with Crippen LogP contribution in [-0.2, 0) is 4.74 Å². The molecular formula is C29H26N2O3. The predicted octanol–water partition coefficient (Wildman–Crippen LogP) is 6.38. The summed E-state index contributed by atoms with van der Waals surface area (Å²) in [7, 11) is 0. The zero-order chi connectivity index (χ0) is 23.3. The Balaban J connectivity index is 1.32. The largest absolute Gasteiger partial charge is 0.454 e. The maximum atomic E-state index is 13.0. The normalized spacial score (nSPS) is 14.1. The van der Waals surface area contributed by atoms with Gasteiger partial charge in [0.1, 0.15) is 0 Å². The Kier molecular flexibility index (Phi) is 6.43. The Bertz CT molecular complexity index is 1310. The van der Waals surface area contributed by atoms with Crippen LogP contribution in [0.4, 0.5) is 0 Å². The van der Waals surface area contributed by atoms with Crippen molar-refractivity contribution in [2.45, 2.75) is 38.0 Å². The van der Waals surface area contributed by atoms with Crippen LogP contribution in [0.2, 0.25) is 0 Å². The molecule has 5 heteroatoms. The minimum atomic E-state index is -0.553. The van der Waals surface area contributed by atoms with Crippen LogP contribution in [0.15, 0.2) is 79.0 Å². The predicted molar refractivity (Wildman–Crippen MR) is 132 cm³/mol. The zero-order valence-corrected chi connectivity index (χ0v) is 18.9. The molecule has 1 saturated carbocycles. The lowest BCUT2D eigenvalue weighted by Crippen LogP contribution is -2.15. The molecule has 1 aliphatic carbocycles. The molecule has 2 aromatic heterocycles. The highest BCUT2D eigenvalue weighted by atomic mass is 16.5. The molecule has 0 saturated heterocycles. The number of hydrogen-bond donors (Lipinski definition) is 0. The monoisotopic (exact) mass is 450 g/mol. The standard InChI is InChI=1S/C29H26N2O3/c32-28(22-15-13-21(14-16-22)20-8-2-1-3-9-20)19-34-29(33)24-18-27(26-12-6-7-17-30-26)31-25-11-5-4-10-23(24)25/h4-7,10-18,20H,1-3,8-9,19H2. The molecule has 5 nitrogen and oxygen atoms in total. The number of fused-ring (bicyclic) bond motifs is 1. The van der Waals surface area contributed by atoms with Gasteiger partial charge in [-0.3, -0.25) is 9.78 Å². The van der Waals surface area contributed by atoms with Crippen molar-refractivity contribution in [3.05, 3.63) is 95.7 Å². The van der Waals surface area contributed by atoms with Gasteiger partial charge in [-0.2, -0.15) is 0 Å². The van der Waals surface area contributed by atoms with Crippen LogP contribution in [0.25, 0.3) is 22.3 Å². The van der Waals surface area contributed by atoms with E-state index >= 15 is 0 Å². The fraction of sp³-hybridized carbons (Fsp3) is 0.241. The first-order valence-corrected chi connectivity index (χ1v) is 11.8. The van der Waals surface area contributed by atoms with Crippen molar-refractivity contribution < 1.29 is 14.3 Å². The number of aromatic nitrogens is 2. The second-order valence-electron chi connectivity index (χ2n) is 8.74. The van der Waals surface area contributed by atoms with E-state index in [0.717, 1.165) is 0 Å². The summed E-state index contributed by atoms with van der Waals surface area (Å²) < 4.78 is 5.45. The summed E-state index contributed by atoms with van der Waals surface area (Å²) >= 11 is 0. The van der Waals surface area contributed by atoms with E-state index in [4.69, 9.17) is 4.74 Å². The maximum Gasteiger partial charge on any atom is 0.339 e. The Labute approximate surface area is 198 Å². The average Bonchev–Trinajstić information content (AvgIpc) is 2.92. The van der Waals surface area contributed by atoms with E-state index in [0.29, 0.717) is 39.3 Å². The zero-order valence-electron chi connectivity index (χ0n) is 18.9. The number of rotatable bonds is 6. The summed E-state index contributed by atoms with van der Waals surface area (Å²) in [4.78, 5) is 34.7. The van der Waals surface area contributed by atoms with Gasteiger partial charge in [-0.05, 0) is 48.6 Å². The molecule has 5 rings (SSSR count). The molecular weight excluding hydrogens is 424 g/mol. The number of para-hydroxylation sites is 1. The number of carbonyl (C=O) groups excluding carboxylic acids is 2. The number of ether oxygens (including phenoxy) is 1. The molecule has 0 radical (unpaired) electrons. The van der Waals surface area contributed by atoms with Crippen molar-refractivity contribution in [2.24, 2.45) is 0 Å². The van der Waals surface area contributed by atoms with Gasteiger partial charge in [-0.25, -0.2) is 9.78 Å². The smallest absolute Gasteiger partial charge is 0.339 e. The molecule has 1 fully saturated rings. The molecule has 4 aromatic rings. The summed E-state index contributed by atoms with van der Waals surface area (Å²) in [5.74, 6) is -0.182. The summed E-state index contributed by atoms with van der Waals surface area (Å²) in [6, 6.07) is 22.4. The number of esters is 1. The van der Waals surface area contributed by atoms with E-state index in [1.807, 2.05) is 66.7 Å². The van der Waals surface area contributed by atoms with Gasteiger partial charge < -0.3 is 4.74 Å². The fourth-order valence-electron chi connectivity index (χ4n) is 4.66. The third-order valence-corrected chi connectivity index (χ3v) is 6.51. The minimum Gasteiger partial charge on any atom is -0.454 e. The van der Waals surface area contributed by atoms with Gasteiger partial charge in [0.25, 0.3) is 0 Å². The van der Waals surface area contributed by atoms with Crippen LogP contribution in [0.1, 0.15) is 64.3 Å². The third kappa shape index (κ3) is 4.74. The minimum absolute atomic E-state index is 0.216. The Hall–Kier alpha value is -3.86. The number of benzene rings is 2. The number of hydrogen-bond acceptors (Lipinski definition) is 5. The van der Waals surface area contributed by atoms with Crippen molar-refractivity contribution in [3.63, 3.8) is 0 Å². The first-order chi connectivity index (χ1) is 16.7. The van der Waals surface area contributed by atoms with Crippen LogP contribution < -0.4 is 0 Å². The molecule has 34 heavy (non-hydrogen) atoms. The first kappa shape index (κ1) is 22.0. The van der Waals surface area contributed by atoms with Gasteiger partial charge in [0.2, 0.25) is 0 Å². The molecule has 0 atom stereocenters. The quantitative estimate of drug-likeness (QED) is 0.252. The van der Waals surface area contributed by atoms with Crippen LogP contribution in [0.5, 0.6) is 0 Å². The van der Waals surface area contributed by atoms with Crippen molar-refractivity contribution in [1.29, 1.82) is 0 Å². The van der Waals surface area contributed by atoms with E-state index in [2.05, 4.69) is 9.97 Å². The number of carbonyl (C=O) groups is 2. The van der Waals surface area contributed by atoms with E-state index in [-0.39, 0.29) is 12.4 Å². The van der Waals surface area contributed by atoms with Crippen molar-refractivity contribution in [2.75, 3.05) is 6.61 Å². The van der Waals surface area contributed by atoms with Gasteiger partial charge in [0.15, 0.2) is 12.4 Å². The summed E-state index contributed by atoms with van der Waals surface area (Å²) in [5, 5.41) is 0.677. The van der Waals surface area contributed by atoms with Crippen LogP contribution in [0, 0.1) is 0 Å². The van der Waals surface area contributed by atoms with Crippen LogP contribution in [-0.4, -0.2) is 28.3 Å². The van der Waals surface area contributed by atoms with Crippen molar-refractivity contribution in [3.8, 4) is 11.4 Å². The lowest BCUT2D eigenvalue weighted by molar-refractivity contribution is 0.0476. The highest BCUT2D eigenvalue weighted by Crippen LogP contribution is 2.32.